The lowest BCUT2D eigenvalue weighted by Crippen LogP contribution is -2.39. The molecule has 1 aromatic heterocycles. The van der Waals surface area contributed by atoms with E-state index in [2.05, 4.69) is 52.5 Å². The maximum Gasteiger partial charge on any atom is 0.337 e. The molecule has 1 unspecified atom stereocenters. The summed E-state index contributed by atoms with van der Waals surface area (Å²) in [5.41, 5.74) is 5.97. The zero-order valence-corrected chi connectivity index (χ0v) is 23.8. The third-order valence-corrected chi connectivity index (χ3v) is 7.93. The third kappa shape index (κ3) is 6.47. The second-order valence-electron chi connectivity index (χ2n) is 13.6. The molecule has 5 nitrogen and oxygen atoms in total. The Morgan fingerprint density at radius 3 is 2.17 bits per heavy atom. The summed E-state index contributed by atoms with van der Waals surface area (Å²) in [6.07, 6.45) is 6.70. The summed E-state index contributed by atoms with van der Waals surface area (Å²) in [7, 11) is 0. The maximum absolute atomic E-state index is 12.6. The van der Waals surface area contributed by atoms with Crippen LogP contribution in [0.1, 0.15) is 116 Å². The zero-order valence-electron chi connectivity index (χ0n) is 23.8. The molecule has 1 fully saturated rings. The van der Waals surface area contributed by atoms with Crippen molar-refractivity contribution in [3.8, 4) is 0 Å². The van der Waals surface area contributed by atoms with Gasteiger partial charge in [-0.05, 0) is 89.0 Å². The summed E-state index contributed by atoms with van der Waals surface area (Å²) < 4.78 is 6.20. The fourth-order valence-electron chi connectivity index (χ4n) is 5.64. The molecule has 2 aliphatic rings. The Balaban J connectivity index is 2.21. The molecule has 1 aliphatic carbocycles. The van der Waals surface area contributed by atoms with E-state index in [1.54, 1.807) is 0 Å². The van der Waals surface area contributed by atoms with Crippen molar-refractivity contribution < 1.29 is 14.6 Å². The molecule has 2 heterocycles. The molecule has 3 rings (SSSR count). The van der Waals surface area contributed by atoms with Crippen molar-refractivity contribution >= 4 is 17.2 Å². The summed E-state index contributed by atoms with van der Waals surface area (Å²) >= 11 is 0. The number of carboxylic acids is 1. The predicted molar refractivity (Wildman–Crippen MR) is 145 cm³/mol. The minimum atomic E-state index is -1.06. The quantitative estimate of drug-likeness (QED) is 0.469. The highest BCUT2D eigenvalue weighted by Crippen LogP contribution is 2.47. The molecule has 1 aliphatic heterocycles. The summed E-state index contributed by atoms with van der Waals surface area (Å²) in [5, 5.41) is 10.3. The van der Waals surface area contributed by atoms with Gasteiger partial charge in [-0.2, -0.15) is 0 Å². The smallest absolute Gasteiger partial charge is 0.337 e. The number of allylic oxidation sites excluding steroid dienone is 2. The Morgan fingerprint density at radius 1 is 1.11 bits per heavy atom. The van der Waals surface area contributed by atoms with Crippen LogP contribution in [0.25, 0.3) is 5.57 Å². The van der Waals surface area contributed by atoms with E-state index in [-0.39, 0.29) is 5.41 Å². The first-order valence-corrected chi connectivity index (χ1v) is 13.4. The summed E-state index contributed by atoms with van der Waals surface area (Å²) in [4.78, 5) is 20.0. The van der Waals surface area contributed by atoms with Gasteiger partial charge in [0, 0.05) is 35.6 Å². The van der Waals surface area contributed by atoms with Crippen molar-refractivity contribution in [3.05, 3.63) is 28.6 Å². The number of piperidine rings is 1. The standard InChI is InChI=1S/C30H48N2O3/c1-19-23(21-11-13-22(14-12-21)28(3,4)5)25(32-17-15-30(9,10)16-18-32)24(20(2)31-19)26(27(33)34)35-29(6,7)8/h11,22,26H,12-18H2,1-10H3,(H,33,34)/t22?,26-/m0/s1. The Morgan fingerprint density at radius 2 is 1.71 bits per heavy atom. The Bertz CT molecular complexity index is 969. The Kier molecular flexibility index (Phi) is 7.82. The van der Waals surface area contributed by atoms with Gasteiger partial charge in [-0.1, -0.05) is 40.7 Å². The first-order chi connectivity index (χ1) is 16.0. The summed E-state index contributed by atoms with van der Waals surface area (Å²) in [5.74, 6) is -0.303. The van der Waals surface area contributed by atoms with Gasteiger partial charge < -0.3 is 14.7 Å². The van der Waals surface area contributed by atoms with Crippen molar-refractivity contribution in [2.45, 2.75) is 113 Å². The fraction of sp³-hybridized carbons (Fsp3) is 0.733. The number of ether oxygens (including phenoxy) is 1. The average molecular weight is 485 g/mol. The van der Waals surface area contributed by atoms with Gasteiger partial charge >= 0.3 is 5.97 Å². The van der Waals surface area contributed by atoms with E-state index in [9.17, 15) is 9.90 Å². The molecule has 2 atom stereocenters. The van der Waals surface area contributed by atoms with E-state index in [1.807, 2.05) is 27.7 Å². The van der Waals surface area contributed by atoms with Crippen molar-refractivity contribution in [2.75, 3.05) is 18.0 Å². The number of rotatable bonds is 5. The van der Waals surface area contributed by atoms with Gasteiger partial charge in [0.15, 0.2) is 6.10 Å². The van der Waals surface area contributed by atoms with Crippen LogP contribution in [-0.2, 0) is 9.53 Å². The van der Waals surface area contributed by atoms with Gasteiger partial charge in [0.25, 0.3) is 0 Å². The van der Waals surface area contributed by atoms with Gasteiger partial charge in [0.05, 0.1) is 11.3 Å². The van der Waals surface area contributed by atoms with E-state index in [0.29, 0.717) is 11.3 Å². The summed E-state index contributed by atoms with van der Waals surface area (Å²) in [6.45, 7) is 23.2. The van der Waals surface area contributed by atoms with Gasteiger partial charge in [-0.3, -0.25) is 4.98 Å². The second kappa shape index (κ2) is 9.88. The highest BCUT2D eigenvalue weighted by Gasteiger charge is 2.37. The Hall–Kier alpha value is -1.88. The molecular formula is C30H48N2O3. The number of hydrogen-bond donors (Lipinski definition) is 1. The lowest BCUT2D eigenvalue weighted by molar-refractivity contribution is -0.160. The van der Waals surface area contributed by atoms with Gasteiger partial charge in [0.2, 0.25) is 0 Å². The number of aryl methyl sites for hydroxylation is 2. The van der Waals surface area contributed by atoms with E-state index >= 15 is 0 Å². The number of nitrogens with zero attached hydrogens (tertiary/aromatic N) is 2. The molecule has 35 heavy (non-hydrogen) atoms. The summed E-state index contributed by atoms with van der Waals surface area (Å²) in [6, 6.07) is 0. The molecule has 0 amide bonds. The topological polar surface area (TPSA) is 62.7 Å². The number of pyridine rings is 1. The van der Waals surface area contributed by atoms with Crippen LogP contribution < -0.4 is 4.90 Å². The molecular weight excluding hydrogens is 436 g/mol. The van der Waals surface area contributed by atoms with Crippen LogP contribution in [0.3, 0.4) is 0 Å². The average Bonchev–Trinajstić information content (AvgIpc) is 2.71. The minimum Gasteiger partial charge on any atom is -0.479 e. The van der Waals surface area contributed by atoms with Crippen LogP contribution in [0.15, 0.2) is 6.08 Å². The Labute approximate surface area is 213 Å². The predicted octanol–water partition coefficient (Wildman–Crippen LogP) is 7.50. The zero-order chi connectivity index (χ0) is 26.3. The van der Waals surface area contributed by atoms with Crippen LogP contribution in [-0.4, -0.2) is 34.8 Å². The van der Waals surface area contributed by atoms with Crippen molar-refractivity contribution in [1.82, 2.24) is 4.98 Å². The van der Waals surface area contributed by atoms with Gasteiger partial charge in [0.1, 0.15) is 0 Å². The number of aliphatic carboxylic acids is 1. The first-order valence-electron chi connectivity index (χ1n) is 13.4. The van der Waals surface area contributed by atoms with Crippen LogP contribution in [0.5, 0.6) is 0 Å². The number of hydrogen-bond acceptors (Lipinski definition) is 4. The molecule has 1 aromatic rings. The first kappa shape index (κ1) is 27.7. The molecule has 0 spiro atoms. The van der Waals surface area contributed by atoms with Crippen molar-refractivity contribution in [1.29, 1.82) is 0 Å². The maximum atomic E-state index is 12.6. The SMILES string of the molecule is Cc1nc(C)c([C@H](OC(C)(C)C)C(=O)O)c(N2CCC(C)(C)CC2)c1C1=CCC(C(C)(C)C)CC1. The highest BCUT2D eigenvalue weighted by atomic mass is 16.5. The van der Waals surface area contributed by atoms with E-state index in [0.717, 1.165) is 73.4 Å². The number of carbonyl (C=O) groups is 1. The van der Waals surface area contributed by atoms with Crippen molar-refractivity contribution in [3.63, 3.8) is 0 Å². The van der Waals surface area contributed by atoms with E-state index in [1.165, 1.54) is 5.57 Å². The molecule has 0 radical (unpaired) electrons. The number of carboxylic acid groups (broad SMARTS) is 1. The van der Waals surface area contributed by atoms with Crippen LogP contribution in [0.4, 0.5) is 5.69 Å². The monoisotopic (exact) mass is 484 g/mol. The van der Waals surface area contributed by atoms with Crippen molar-refractivity contribution in [2.24, 2.45) is 16.7 Å². The van der Waals surface area contributed by atoms with E-state index < -0.39 is 17.7 Å². The van der Waals surface area contributed by atoms with Gasteiger partial charge in [-0.15, -0.1) is 0 Å². The molecule has 0 saturated carbocycles. The van der Waals surface area contributed by atoms with Crippen LogP contribution in [0, 0.1) is 30.6 Å². The molecule has 0 bridgehead atoms. The molecule has 1 N–H and O–H groups in total. The molecule has 1 saturated heterocycles. The third-order valence-electron chi connectivity index (χ3n) is 7.93. The normalized spacial score (nSPS) is 22.1. The van der Waals surface area contributed by atoms with Gasteiger partial charge in [-0.25, -0.2) is 4.79 Å². The molecule has 196 valence electrons. The molecule has 0 aromatic carbocycles. The number of anilines is 1. The van der Waals surface area contributed by atoms with Crippen LogP contribution in [0.2, 0.25) is 0 Å². The lowest BCUT2D eigenvalue weighted by atomic mass is 9.72. The largest absolute Gasteiger partial charge is 0.479 e. The molecule has 5 heteroatoms. The second-order valence-corrected chi connectivity index (χ2v) is 13.6. The minimum absolute atomic E-state index is 0.282. The highest BCUT2D eigenvalue weighted by molar-refractivity contribution is 5.86. The lowest BCUT2D eigenvalue weighted by Gasteiger charge is -2.42. The fourth-order valence-corrected chi connectivity index (χ4v) is 5.64. The van der Waals surface area contributed by atoms with Crippen LogP contribution >= 0.6 is 0 Å². The number of aromatic nitrogens is 1. The van der Waals surface area contributed by atoms with E-state index in [4.69, 9.17) is 9.72 Å².